The molecule has 0 atom stereocenters. The maximum atomic E-state index is 13.1. The molecule has 21 heteroatoms. The molecule has 0 fully saturated rings. The molecule has 0 amide bonds. The first-order chi connectivity index (χ1) is 43.7. The Morgan fingerprint density at radius 2 is 0.611 bits per heavy atom. The molecular formula is C69H62O21. The predicted octanol–water partition coefficient (Wildman–Crippen LogP) is 11.9. The molecule has 6 aromatic carbocycles. The van der Waals surface area contributed by atoms with Gasteiger partial charge in [0.15, 0.2) is 6.10 Å². The maximum absolute atomic E-state index is 13.1. The largest absolute Gasteiger partial charge is 0.494 e. The number of esters is 6. The minimum Gasteiger partial charge on any atom is -0.494 e. The van der Waals surface area contributed by atoms with Crippen molar-refractivity contribution in [3.8, 4) is 34.5 Å². The SMILES string of the molecule is O=C(CCCCCOc1ccc(C(=O)Oc2ccc3ccc(=O)oc3c2)cc1)OCC(COC(=O)CCCCCOc1ccc(C(=O)Oc2ccc3ccc(=O)oc3c2)cc1)OC(=O)CCCCCOc1ccc(C(=O)Oc2ccc3ccc(=O)oc3c2)cc1. The average Bonchev–Trinajstić information content (AvgIpc) is 1.65. The standard InChI is InChI=1S/C69H62O21/c70-61(10-4-1-7-37-79-51-25-16-48(17-26-51)67(76)85-54-31-13-45-22-34-64(73)88-58(45)40-54)82-43-57(84-63(72)12-6-3-9-39-81-53-29-20-50(21-30-53)69(78)87-56-33-15-47-24-36-66(75)90-60(47)42-56)44-83-62(71)11-5-2-8-38-80-52-27-18-49(19-28-52)68(77)86-55-32-14-46-23-35-65(74)89-59(46)41-55/h13-36,40-42,57H,1-12,37-39,43-44H2. The number of carbonyl (C=O) groups is 6. The molecule has 0 aliphatic rings. The molecule has 3 heterocycles. The lowest BCUT2D eigenvalue weighted by Crippen LogP contribution is -2.30. The molecule has 0 saturated carbocycles. The quantitative estimate of drug-likeness (QED) is 0.0124. The topological polar surface area (TPSA) is 276 Å². The number of carbonyl (C=O) groups excluding carboxylic acids is 6. The molecule has 3 aromatic heterocycles. The Bertz CT molecular complexity index is 3950. The first-order valence-electron chi connectivity index (χ1n) is 29.2. The van der Waals surface area contributed by atoms with Gasteiger partial charge in [0.2, 0.25) is 0 Å². The summed E-state index contributed by atoms with van der Waals surface area (Å²) in [5.41, 5.74) is 0.178. The second-order valence-electron chi connectivity index (χ2n) is 20.6. The van der Waals surface area contributed by atoms with Gasteiger partial charge in [0.05, 0.1) is 36.5 Å². The molecular weight excluding hydrogens is 1160 g/mol. The summed E-state index contributed by atoms with van der Waals surface area (Å²) in [7, 11) is 0. The summed E-state index contributed by atoms with van der Waals surface area (Å²) in [5, 5.41) is 2.05. The number of hydrogen-bond donors (Lipinski definition) is 0. The molecule has 0 bridgehead atoms. The number of benzene rings is 6. The van der Waals surface area contributed by atoms with Crippen LogP contribution in [-0.4, -0.2) is 75.0 Å². The lowest BCUT2D eigenvalue weighted by atomic mass is 10.2. The first kappa shape index (κ1) is 63.7. The maximum Gasteiger partial charge on any atom is 0.343 e. The number of hydrogen-bond acceptors (Lipinski definition) is 21. The second-order valence-corrected chi connectivity index (χ2v) is 20.6. The Kier molecular flexibility index (Phi) is 22.8. The Hall–Kier alpha value is -10.8. The van der Waals surface area contributed by atoms with E-state index in [9.17, 15) is 43.2 Å². The van der Waals surface area contributed by atoms with Gasteiger partial charge in [0, 0.05) is 71.8 Å². The molecule has 9 aromatic rings. The third-order valence-corrected chi connectivity index (χ3v) is 13.7. The van der Waals surface area contributed by atoms with Crippen LogP contribution in [0.15, 0.2) is 191 Å². The zero-order chi connectivity index (χ0) is 63.0. The van der Waals surface area contributed by atoms with Gasteiger partial charge in [-0.1, -0.05) is 0 Å². The zero-order valence-corrected chi connectivity index (χ0v) is 48.8. The first-order valence-corrected chi connectivity index (χ1v) is 29.2. The monoisotopic (exact) mass is 1230 g/mol. The third-order valence-electron chi connectivity index (χ3n) is 13.7. The summed E-state index contributed by atoms with van der Waals surface area (Å²) in [6.07, 6.45) is 4.25. The van der Waals surface area contributed by atoms with Gasteiger partial charge < -0.3 is 55.9 Å². The summed E-state index contributed by atoms with van der Waals surface area (Å²) >= 11 is 0. The van der Waals surface area contributed by atoms with Gasteiger partial charge in [-0.3, -0.25) is 14.4 Å². The van der Waals surface area contributed by atoms with Crippen LogP contribution in [0.5, 0.6) is 34.5 Å². The number of fused-ring (bicyclic) bond motifs is 3. The van der Waals surface area contributed by atoms with Crippen LogP contribution in [0.4, 0.5) is 0 Å². The number of unbranched alkanes of at least 4 members (excludes halogenated alkanes) is 6. The van der Waals surface area contributed by atoms with E-state index in [4.69, 9.17) is 55.9 Å². The molecule has 0 saturated heterocycles. The highest BCUT2D eigenvalue weighted by Crippen LogP contribution is 2.25. The Morgan fingerprint density at radius 1 is 0.322 bits per heavy atom. The zero-order valence-electron chi connectivity index (χ0n) is 48.8. The number of rotatable bonds is 32. The Labute approximate surface area is 513 Å². The Balaban J connectivity index is 0.662. The third kappa shape index (κ3) is 19.9. The van der Waals surface area contributed by atoms with Crippen molar-refractivity contribution in [2.45, 2.75) is 83.2 Å². The van der Waals surface area contributed by atoms with Gasteiger partial charge in [-0.15, -0.1) is 0 Å². The van der Waals surface area contributed by atoms with E-state index >= 15 is 0 Å². The molecule has 0 N–H and O–H groups in total. The van der Waals surface area contributed by atoms with Crippen molar-refractivity contribution in [2.24, 2.45) is 0 Å². The van der Waals surface area contributed by atoms with Crippen LogP contribution in [0.25, 0.3) is 32.9 Å². The van der Waals surface area contributed by atoms with Gasteiger partial charge in [0.1, 0.15) is 64.5 Å². The molecule has 0 unspecified atom stereocenters. The van der Waals surface area contributed by atoms with E-state index in [0.29, 0.717) is 128 Å². The van der Waals surface area contributed by atoms with Crippen molar-refractivity contribution < 1.29 is 84.7 Å². The van der Waals surface area contributed by atoms with Crippen LogP contribution in [-0.2, 0) is 28.6 Å². The van der Waals surface area contributed by atoms with Gasteiger partial charge >= 0.3 is 52.7 Å². The van der Waals surface area contributed by atoms with E-state index in [2.05, 4.69) is 0 Å². The predicted molar refractivity (Wildman–Crippen MR) is 325 cm³/mol. The van der Waals surface area contributed by atoms with Gasteiger partial charge in [-0.2, -0.15) is 0 Å². The van der Waals surface area contributed by atoms with Crippen molar-refractivity contribution >= 4 is 68.7 Å². The highest BCUT2D eigenvalue weighted by Gasteiger charge is 2.21. The van der Waals surface area contributed by atoms with Crippen molar-refractivity contribution in [1.29, 1.82) is 0 Å². The minimum atomic E-state index is -1.06. The summed E-state index contributed by atoms with van der Waals surface area (Å²) < 4.78 is 66.0. The minimum absolute atomic E-state index is 0.0416. The van der Waals surface area contributed by atoms with Crippen LogP contribution >= 0.6 is 0 Å². The molecule has 90 heavy (non-hydrogen) atoms. The summed E-state index contributed by atoms with van der Waals surface area (Å²) in [6, 6.07) is 42.3. The fourth-order valence-corrected chi connectivity index (χ4v) is 8.96. The summed E-state index contributed by atoms with van der Waals surface area (Å²) in [6.45, 7) is 0.352. The average molecular weight is 1230 g/mol. The fraction of sp³-hybridized carbons (Fsp3) is 0.261. The molecule has 21 nitrogen and oxygen atoms in total. The number of ether oxygens (including phenoxy) is 9. The van der Waals surface area contributed by atoms with Crippen LogP contribution in [0.2, 0.25) is 0 Å². The smallest absolute Gasteiger partial charge is 0.343 e. The van der Waals surface area contributed by atoms with Crippen molar-refractivity contribution in [2.75, 3.05) is 33.0 Å². The van der Waals surface area contributed by atoms with E-state index in [1.807, 2.05) is 0 Å². The Morgan fingerprint density at radius 3 is 0.933 bits per heavy atom. The van der Waals surface area contributed by atoms with Gasteiger partial charge in [-0.05, 0) is 185 Å². The molecule has 0 aliphatic carbocycles. The van der Waals surface area contributed by atoms with Crippen molar-refractivity contribution in [1.82, 2.24) is 0 Å². The second kappa shape index (κ2) is 32.2. The molecule has 0 aliphatic heterocycles. The molecule has 9 rings (SSSR count). The van der Waals surface area contributed by atoms with Crippen molar-refractivity contribution in [3.63, 3.8) is 0 Å². The van der Waals surface area contributed by atoms with Gasteiger partial charge in [-0.25, -0.2) is 28.8 Å². The molecule has 0 radical (unpaired) electrons. The van der Waals surface area contributed by atoms with Gasteiger partial charge in [0.25, 0.3) is 0 Å². The lowest BCUT2D eigenvalue weighted by Gasteiger charge is -2.18. The summed E-state index contributed by atoms with van der Waals surface area (Å²) in [5.74, 6) is -1.19. The molecule has 464 valence electrons. The molecule has 0 spiro atoms. The van der Waals surface area contributed by atoms with Crippen LogP contribution < -0.4 is 45.3 Å². The summed E-state index contributed by atoms with van der Waals surface area (Å²) in [4.78, 5) is 112. The lowest BCUT2D eigenvalue weighted by molar-refractivity contribution is -0.167. The van der Waals surface area contributed by atoms with E-state index in [-0.39, 0.29) is 66.4 Å². The van der Waals surface area contributed by atoms with E-state index in [0.717, 1.165) is 0 Å². The highest BCUT2D eigenvalue weighted by molar-refractivity contribution is 5.93. The van der Waals surface area contributed by atoms with Crippen LogP contribution in [0.1, 0.15) is 108 Å². The highest BCUT2D eigenvalue weighted by atomic mass is 16.6. The van der Waals surface area contributed by atoms with Crippen LogP contribution in [0.3, 0.4) is 0 Å². The fourth-order valence-electron chi connectivity index (χ4n) is 8.96. The van der Waals surface area contributed by atoms with E-state index < -0.39 is 58.8 Å². The van der Waals surface area contributed by atoms with Crippen molar-refractivity contribution in [3.05, 3.63) is 212 Å². The normalized spacial score (nSPS) is 11.0. The van der Waals surface area contributed by atoms with E-state index in [1.54, 1.807) is 127 Å². The van der Waals surface area contributed by atoms with E-state index in [1.165, 1.54) is 36.4 Å². The van der Waals surface area contributed by atoms with Crippen LogP contribution in [0, 0.1) is 0 Å².